The van der Waals surface area contributed by atoms with Crippen LogP contribution in [0.3, 0.4) is 0 Å². The predicted octanol–water partition coefficient (Wildman–Crippen LogP) is 2.73. The number of nitrogens with one attached hydrogen (secondary N) is 1. The average Bonchev–Trinajstić information content (AvgIpc) is 2.90. The highest BCUT2D eigenvalue weighted by molar-refractivity contribution is 5.87. The Kier molecular flexibility index (Phi) is 9.82. The fourth-order valence-electron chi connectivity index (χ4n) is 5.34. The number of carbonyl (C=O) groups excluding carboxylic acids is 2. The molecule has 0 bridgehead atoms. The van der Waals surface area contributed by atoms with E-state index in [0.29, 0.717) is 36.9 Å². The van der Waals surface area contributed by atoms with Crippen molar-refractivity contribution >= 4 is 17.9 Å². The molecule has 0 aliphatic carbocycles. The molecule has 3 rings (SSSR count). The van der Waals surface area contributed by atoms with Crippen molar-refractivity contribution in [2.75, 3.05) is 19.6 Å². The number of benzene rings is 2. The maximum Gasteiger partial charge on any atom is 0.404 e. The first-order chi connectivity index (χ1) is 18.1. The van der Waals surface area contributed by atoms with Crippen molar-refractivity contribution in [3.63, 3.8) is 0 Å². The van der Waals surface area contributed by atoms with Gasteiger partial charge in [-0.15, -0.1) is 0 Å². The van der Waals surface area contributed by atoms with Gasteiger partial charge in [0.05, 0.1) is 18.1 Å². The summed E-state index contributed by atoms with van der Waals surface area (Å²) in [5.74, 6) is -2.08. The second-order valence-corrected chi connectivity index (χ2v) is 9.88. The van der Waals surface area contributed by atoms with E-state index in [1.54, 1.807) is 18.2 Å². The van der Waals surface area contributed by atoms with E-state index in [1.807, 2.05) is 25.1 Å². The minimum Gasteiger partial charge on any atom is -0.465 e. The van der Waals surface area contributed by atoms with Gasteiger partial charge >= 0.3 is 6.09 Å². The summed E-state index contributed by atoms with van der Waals surface area (Å²) < 4.78 is 15.5. The van der Waals surface area contributed by atoms with Gasteiger partial charge in [0, 0.05) is 31.1 Å². The molecular weight excluding hydrogens is 491 g/mol. The van der Waals surface area contributed by atoms with Crippen LogP contribution in [0.4, 0.5) is 9.18 Å². The van der Waals surface area contributed by atoms with E-state index in [1.165, 1.54) is 11.0 Å². The third-order valence-electron chi connectivity index (χ3n) is 7.26. The van der Waals surface area contributed by atoms with Gasteiger partial charge in [-0.3, -0.25) is 9.59 Å². The number of primary amides is 1. The summed E-state index contributed by atoms with van der Waals surface area (Å²) in [5, 5.41) is 23.7. The van der Waals surface area contributed by atoms with Crippen LogP contribution < -0.4 is 16.8 Å². The van der Waals surface area contributed by atoms with Gasteiger partial charge in [0.15, 0.2) is 0 Å². The monoisotopic (exact) mass is 528 g/mol. The molecule has 0 aromatic heterocycles. The first kappa shape index (κ1) is 29.1. The third kappa shape index (κ3) is 6.87. The largest absolute Gasteiger partial charge is 0.465 e. The minimum absolute atomic E-state index is 0.104. The fourth-order valence-corrected chi connectivity index (χ4v) is 5.34. The summed E-state index contributed by atoms with van der Waals surface area (Å²) in [6.07, 6.45) is 0.861. The molecule has 3 atom stereocenters. The van der Waals surface area contributed by atoms with E-state index < -0.39 is 41.3 Å². The maximum absolute atomic E-state index is 15.5. The molecule has 1 aliphatic rings. The lowest BCUT2D eigenvalue weighted by Gasteiger charge is -2.44. The lowest BCUT2D eigenvalue weighted by atomic mass is 9.72. The van der Waals surface area contributed by atoms with E-state index in [4.69, 9.17) is 16.6 Å². The molecule has 38 heavy (non-hydrogen) atoms. The molecule has 1 saturated heterocycles. The number of amides is 3. The highest BCUT2D eigenvalue weighted by Crippen LogP contribution is 2.44. The Morgan fingerprint density at radius 2 is 1.97 bits per heavy atom. The summed E-state index contributed by atoms with van der Waals surface area (Å²) in [4.78, 5) is 36.8. The molecule has 7 N–H and O–H groups in total. The van der Waals surface area contributed by atoms with Crippen molar-refractivity contribution in [3.05, 3.63) is 59.4 Å². The molecule has 1 fully saturated rings. The van der Waals surface area contributed by atoms with Crippen LogP contribution in [0.2, 0.25) is 0 Å². The van der Waals surface area contributed by atoms with Crippen LogP contribution in [-0.4, -0.2) is 58.7 Å². The van der Waals surface area contributed by atoms with Crippen LogP contribution in [-0.2, 0) is 21.6 Å². The number of halogens is 1. The number of aryl methyl sites for hydroxylation is 1. The van der Waals surface area contributed by atoms with Crippen LogP contribution in [0.5, 0.6) is 0 Å². The van der Waals surface area contributed by atoms with Gasteiger partial charge in [-0.2, -0.15) is 0 Å². The molecule has 1 heterocycles. The van der Waals surface area contributed by atoms with Crippen LogP contribution >= 0.6 is 0 Å². The molecule has 3 amide bonds. The highest BCUT2D eigenvalue weighted by atomic mass is 19.1. The second-order valence-electron chi connectivity index (χ2n) is 9.88. The number of carboxylic acid groups (broad SMARTS) is 1. The van der Waals surface area contributed by atoms with Crippen LogP contribution in [0, 0.1) is 11.7 Å². The molecule has 0 saturated carbocycles. The zero-order valence-corrected chi connectivity index (χ0v) is 21.7. The van der Waals surface area contributed by atoms with Crippen LogP contribution in [0.15, 0.2) is 42.5 Å². The quantitative estimate of drug-likeness (QED) is 0.282. The molecule has 206 valence electrons. The SMILES string of the molecule is CCc1cccc(-c2c(F)cccc2C(O)(CCCNC(=O)O)C2CCCN(C(=O)[C@@H](N)CC(N)=O)C2)c1. The smallest absolute Gasteiger partial charge is 0.404 e. The zero-order valence-electron chi connectivity index (χ0n) is 21.7. The van der Waals surface area contributed by atoms with Gasteiger partial charge in [0.2, 0.25) is 11.8 Å². The van der Waals surface area contributed by atoms with Crippen molar-refractivity contribution in [2.24, 2.45) is 17.4 Å². The van der Waals surface area contributed by atoms with Crippen molar-refractivity contribution < 1.29 is 29.0 Å². The van der Waals surface area contributed by atoms with Crippen molar-refractivity contribution in [2.45, 2.75) is 57.1 Å². The normalized spacial score (nSPS) is 17.9. The number of hydrogen-bond acceptors (Lipinski definition) is 5. The third-order valence-corrected chi connectivity index (χ3v) is 7.26. The molecular formula is C28H37FN4O5. The molecule has 2 aromatic carbocycles. The Hall–Kier alpha value is -3.50. The van der Waals surface area contributed by atoms with E-state index in [0.717, 1.165) is 12.0 Å². The maximum atomic E-state index is 15.5. The molecule has 2 unspecified atom stereocenters. The number of likely N-dealkylation sites (tertiary alicyclic amines) is 1. The van der Waals surface area contributed by atoms with Gasteiger partial charge in [0.25, 0.3) is 0 Å². The van der Waals surface area contributed by atoms with Gasteiger partial charge in [-0.1, -0.05) is 43.3 Å². The first-order valence-corrected chi connectivity index (χ1v) is 13.0. The fraction of sp³-hybridized carbons (Fsp3) is 0.464. The van der Waals surface area contributed by atoms with Gasteiger partial charge < -0.3 is 31.9 Å². The molecule has 9 nitrogen and oxygen atoms in total. The van der Waals surface area contributed by atoms with Crippen LogP contribution in [0.25, 0.3) is 11.1 Å². The number of aliphatic hydroxyl groups is 1. The summed E-state index contributed by atoms with van der Waals surface area (Å²) in [6, 6.07) is 11.0. The average molecular weight is 529 g/mol. The Morgan fingerprint density at radius 1 is 1.24 bits per heavy atom. The number of nitrogens with zero attached hydrogens (tertiary/aromatic N) is 1. The van der Waals surface area contributed by atoms with Gasteiger partial charge in [-0.05, 0) is 54.9 Å². The topological polar surface area (TPSA) is 159 Å². The van der Waals surface area contributed by atoms with Gasteiger partial charge in [-0.25, -0.2) is 9.18 Å². The Bertz CT molecular complexity index is 1160. The summed E-state index contributed by atoms with van der Waals surface area (Å²) in [5.41, 5.74) is 11.9. The summed E-state index contributed by atoms with van der Waals surface area (Å²) in [6.45, 7) is 2.67. The van der Waals surface area contributed by atoms with Crippen LogP contribution in [0.1, 0.15) is 50.2 Å². The number of nitrogens with two attached hydrogens (primary N) is 2. The van der Waals surface area contributed by atoms with Crippen molar-refractivity contribution in [1.29, 1.82) is 0 Å². The highest BCUT2D eigenvalue weighted by Gasteiger charge is 2.43. The molecule has 1 aliphatic heterocycles. The Balaban J connectivity index is 2.03. The zero-order chi connectivity index (χ0) is 27.9. The minimum atomic E-state index is -1.58. The van der Waals surface area contributed by atoms with Crippen molar-refractivity contribution in [3.8, 4) is 11.1 Å². The molecule has 10 heteroatoms. The van der Waals surface area contributed by atoms with E-state index in [2.05, 4.69) is 5.32 Å². The lowest BCUT2D eigenvalue weighted by Crippen LogP contribution is -2.53. The number of piperidine rings is 1. The van der Waals surface area contributed by atoms with Gasteiger partial charge in [0.1, 0.15) is 5.82 Å². The number of hydrogen-bond donors (Lipinski definition) is 5. The standard InChI is InChI=1S/C28H37FN4O5/c1-2-18-7-3-8-19(15-18)25-21(10-4-11-22(25)29)28(38,12-6-13-32-27(36)37)20-9-5-14-33(17-20)26(35)23(30)16-24(31)34/h3-4,7-8,10-11,15,20,23,32,38H,2,5-6,9,12-14,16-17,30H2,1H3,(H2,31,34)(H,36,37)/t20?,23-,28?/m0/s1. The predicted molar refractivity (Wildman–Crippen MR) is 141 cm³/mol. The molecule has 0 radical (unpaired) electrons. The molecule has 2 aromatic rings. The number of carbonyl (C=O) groups is 3. The van der Waals surface area contributed by atoms with Crippen molar-refractivity contribution in [1.82, 2.24) is 10.2 Å². The Morgan fingerprint density at radius 3 is 2.66 bits per heavy atom. The van der Waals surface area contributed by atoms with E-state index in [9.17, 15) is 19.5 Å². The summed E-state index contributed by atoms with van der Waals surface area (Å²) >= 11 is 0. The van der Waals surface area contributed by atoms with E-state index >= 15 is 4.39 Å². The van der Waals surface area contributed by atoms with E-state index in [-0.39, 0.29) is 31.5 Å². The molecule has 0 spiro atoms. The summed E-state index contributed by atoms with van der Waals surface area (Å²) in [7, 11) is 0. The second kappa shape index (κ2) is 12.8. The first-order valence-electron chi connectivity index (χ1n) is 13.0. The lowest BCUT2D eigenvalue weighted by molar-refractivity contribution is -0.139. The Labute approximate surface area is 222 Å². The number of rotatable bonds is 11.